The van der Waals surface area contributed by atoms with Crippen LogP contribution in [0.15, 0.2) is 35.9 Å². The van der Waals surface area contributed by atoms with Crippen LogP contribution in [-0.2, 0) is 16.1 Å². The number of hydrogen-bond donors (Lipinski definition) is 1. The summed E-state index contributed by atoms with van der Waals surface area (Å²) >= 11 is 0. The van der Waals surface area contributed by atoms with Gasteiger partial charge in [-0.1, -0.05) is 12.1 Å². The molecule has 2 aromatic rings. The van der Waals surface area contributed by atoms with Gasteiger partial charge in [-0.2, -0.15) is 5.26 Å². The number of carbonyl (C=O) groups excluding carboxylic acids is 1. The molecule has 0 saturated carbocycles. The second kappa shape index (κ2) is 9.77. The quantitative estimate of drug-likeness (QED) is 0.560. The Hall–Kier alpha value is -3.04. The van der Waals surface area contributed by atoms with Crippen molar-refractivity contribution in [2.24, 2.45) is 0 Å². The SMILES string of the molecule is COCC(C)n1c(C)cc(/C=C(\C#N)C(=O)NCc2ccc(OC)cc2)c1C. The number of rotatable bonds is 8. The molecule has 0 fully saturated rings. The van der Waals surface area contributed by atoms with E-state index in [2.05, 4.69) is 16.8 Å². The lowest BCUT2D eigenvalue weighted by molar-refractivity contribution is -0.117. The van der Waals surface area contributed by atoms with Gasteiger partial charge in [-0.05, 0) is 56.2 Å². The zero-order chi connectivity index (χ0) is 20.7. The van der Waals surface area contributed by atoms with Gasteiger partial charge in [0.1, 0.15) is 17.4 Å². The Kier molecular flexibility index (Phi) is 7.42. The summed E-state index contributed by atoms with van der Waals surface area (Å²) in [6.07, 6.45) is 1.64. The van der Waals surface area contributed by atoms with Crippen LogP contribution in [0.5, 0.6) is 5.75 Å². The third kappa shape index (κ3) is 5.02. The summed E-state index contributed by atoms with van der Waals surface area (Å²) in [6.45, 7) is 6.99. The highest BCUT2D eigenvalue weighted by Gasteiger charge is 2.15. The zero-order valence-electron chi connectivity index (χ0n) is 17.1. The Labute approximate surface area is 166 Å². The van der Waals surface area contributed by atoms with Crippen molar-refractivity contribution in [3.8, 4) is 11.8 Å². The predicted molar refractivity (Wildman–Crippen MR) is 109 cm³/mol. The summed E-state index contributed by atoms with van der Waals surface area (Å²) in [4.78, 5) is 12.5. The van der Waals surface area contributed by atoms with Crippen LogP contribution in [-0.4, -0.2) is 31.3 Å². The van der Waals surface area contributed by atoms with Crippen molar-refractivity contribution in [2.45, 2.75) is 33.4 Å². The van der Waals surface area contributed by atoms with Gasteiger partial charge in [0.25, 0.3) is 5.91 Å². The molecular weight excluding hydrogens is 354 g/mol. The van der Waals surface area contributed by atoms with Crippen molar-refractivity contribution < 1.29 is 14.3 Å². The van der Waals surface area contributed by atoms with E-state index in [1.54, 1.807) is 20.3 Å². The summed E-state index contributed by atoms with van der Waals surface area (Å²) in [5.41, 5.74) is 3.92. The average Bonchev–Trinajstić information content (AvgIpc) is 2.97. The molecule has 6 nitrogen and oxygen atoms in total. The fraction of sp³-hybridized carbons (Fsp3) is 0.364. The van der Waals surface area contributed by atoms with Gasteiger partial charge in [-0.25, -0.2) is 0 Å². The molecule has 0 spiro atoms. The number of methoxy groups -OCH3 is 2. The molecule has 1 N–H and O–H groups in total. The van der Waals surface area contributed by atoms with Gasteiger partial charge < -0.3 is 19.4 Å². The molecule has 0 saturated heterocycles. The van der Waals surface area contributed by atoms with Crippen LogP contribution in [0.4, 0.5) is 0 Å². The number of amides is 1. The summed E-state index contributed by atoms with van der Waals surface area (Å²) in [7, 11) is 3.28. The first-order valence-corrected chi connectivity index (χ1v) is 9.11. The first-order chi connectivity index (χ1) is 13.4. The molecule has 2 rings (SSSR count). The Bertz CT molecular complexity index is 889. The molecule has 148 valence electrons. The van der Waals surface area contributed by atoms with Gasteiger partial charge in [0.05, 0.1) is 19.8 Å². The van der Waals surface area contributed by atoms with E-state index < -0.39 is 5.91 Å². The maximum absolute atomic E-state index is 12.5. The number of nitrogens with zero attached hydrogens (tertiary/aromatic N) is 2. The van der Waals surface area contributed by atoms with E-state index in [4.69, 9.17) is 9.47 Å². The van der Waals surface area contributed by atoms with Crippen LogP contribution in [0.25, 0.3) is 6.08 Å². The number of aromatic nitrogens is 1. The summed E-state index contributed by atoms with van der Waals surface area (Å²) < 4.78 is 12.5. The third-order valence-corrected chi connectivity index (χ3v) is 4.65. The van der Waals surface area contributed by atoms with Crippen molar-refractivity contribution >= 4 is 12.0 Å². The van der Waals surface area contributed by atoms with Gasteiger partial charge in [0.15, 0.2) is 0 Å². The summed E-state index contributed by atoms with van der Waals surface area (Å²) in [5.74, 6) is 0.360. The van der Waals surface area contributed by atoms with E-state index in [-0.39, 0.29) is 11.6 Å². The van der Waals surface area contributed by atoms with E-state index >= 15 is 0 Å². The lowest BCUT2D eigenvalue weighted by Crippen LogP contribution is -2.23. The lowest BCUT2D eigenvalue weighted by atomic mass is 10.1. The van der Waals surface area contributed by atoms with Crippen LogP contribution in [0.2, 0.25) is 0 Å². The van der Waals surface area contributed by atoms with Gasteiger partial charge in [0, 0.05) is 25.0 Å². The molecular formula is C22H27N3O3. The molecule has 1 aromatic heterocycles. The van der Waals surface area contributed by atoms with Crippen LogP contribution < -0.4 is 10.1 Å². The van der Waals surface area contributed by atoms with Gasteiger partial charge in [-0.3, -0.25) is 4.79 Å². The largest absolute Gasteiger partial charge is 0.497 e. The molecule has 1 aromatic carbocycles. The Morgan fingerprint density at radius 2 is 1.96 bits per heavy atom. The standard InChI is InChI=1S/C22H27N3O3/c1-15-10-19(17(3)25(15)16(2)14-27-4)11-20(12-23)22(26)24-13-18-6-8-21(28-5)9-7-18/h6-11,16H,13-14H2,1-5H3,(H,24,26)/b20-11+. The van der Waals surface area contributed by atoms with Gasteiger partial charge in [0.2, 0.25) is 0 Å². The van der Waals surface area contributed by atoms with Crippen LogP contribution in [0.1, 0.15) is 35.5 Å². The molecule has 0 aliphatic rings. The zero-order valence-corrected chi connectivity index (χ0v) is 17.1. The molecule has 0 aliphatic carbocycles. The molecule has 0 bridgehead atoms. The van der Waals surface area contributed by atoms with E-state index in [1.165, 1.54) is 0 Å². The minimum absolute atomic E-state index is 0.0770. The smallest absolute Gasteiger partial charge is 0.262 e. The molecule has 1 amide bonds. The average molecular weight is 381 g/mol. The van der Waals surface area contributed by atoms with E-state index in [9.17, 15) is 10.1 Å². The van der Waals surface area contributed by atoms with Crippen LogP contribution >= 0.6 is 0 Å². The van der Waals surface area contributed by atoms with Crippen molar-refractivity contribution in [1.82, 2.24) is 9.88 Å². The third-order valence-electron chi connectivity index (χ3n) is 4.65. The van der Waals surface area contributed by atoms with Gasteiger partial charge in [-0.15, -0.1) is 0 Å². The maximum atomic E-state index is 12.5. The topological polar surface area (TPSA) is 76.3 Å². The Morgan fingerprint density at radius 1 is 1.29 bits per heavy atom. The van der Waals surface area contributed by atoms with Gasteiger partial charge >= 0.3 is 0 Å². The second-order valence-corrected chi connectivity index (χ2v) is 6.70. The predicted octanol–water partition coefficient (Wildman–Crippen LogP) is 3.54. The van der Waals surface area contributed by atoms with E-state index in [0.717, 1.165) is 28.3 Å². The summed E-state index contributed by atoms with van der Waals surface area (Å²) in [5, 5.41) is 12.3. The van der Waals surface area contributed by atoms with Crippen molar-refractivity contribution in [3.63, 3.8) is 0 Å². The van der Waals surface area contributed by atoms with Crippen LogP contribution in [0, 0.1) is 25.2 Å². The Morgan fingerprint density at radius 3 is 2.54 bits per heavy atom. The number of benzene rings is 1. The summed E-state index contributed by atoms with van der Waals surface area (Å²) in [6, 6.07) is 11.6. The molecule has 6 heteroatoms. The highest BCUT2D eigenvalue weighted by atomic mass is 16.5. The van der Waals surface area contributed by atoms with Crippen molar-refractivity contribution in [1.29, 1.82) is 5.26 Å². The monoisotopic (exact) mass is 381 g/mol. The molecule has 28 heavy (non-hydrogen) atoms. The molecule has 1 heterocycles. The second-order valence-electron chi connectivity index (χ2n) is 6.70. The minimum Gasteiger partial charge on any atom is -0.497 e. The number of hydrogen-bond acceptors (Lipinski definition) is 4. The molecule has 0 aliphatic heterocycles. The lowest BCUT2D eigenvalue weighted by Gasteiger charge is -2.17. The fourth-order valence-electron chi connectivity index (χ4n) is 3.27. The number of nitriles is 1. The number of carbonyl (C=O) groups is 1. The van der Waals surface area contributed by atoms with Crippen molar-refractivity contribution in [3.05, 3.63) is 58.4 Å². The first kappa shape index (κ1) is 21.3. The first-order valence-electron chi connectivity index (χ1n) is 9.11. The highest BCUT2D eigenvalue weighted by molar-refractivity contribution is 6.01. The number of nitrogens with one attached hydrogen (secondary N) is 1. The molecule has 1 unspecified atom stereocenters. The normalized spacial score (nSPS) is 12.4. The molecule has 0 radical (unpaired) electrons. The van der Waals surface area contributed by atoms with Crippen LogP contribution in [0.3, 0.4) is 0 Å². The Balaban J connectivity index is 2.15. The van der Waals surface area contributed by atoms with Crippen molar-refractivity contribution in [2.75, 3.05) is 20.8 Å². The maximum Gasteiger partial charge on any atom is 0.262 e. The molecule has 1 atom stereocenters. The minimum atomic E-state index is -0.395. The van der Waals surface area contributed by atoms with E-state index in [1.807, 2.05) is 50.2 Å². The fourth-order valence-corrected chi connectivity index (χ4v) is 3.27. The number of aryl methyl sites for hydroxylation is 1. The van der Waals surface area contributed by atoms with E-state index in [0.29, 0.717) is 13.2 Å². The number of ether oxygens (including phenoxy) is 2. The highest BCUT2D eigenvalue weighted by Crippen LogP contribution is 2.23.